The Balaban J connectivity index is 2.18. The fraction of sp³-hybridized carbons (Fsp3) is 0.364. The van der Waals surface area contributed by atoms with Crippen LogP contribution in [-0.4, -0.2) is 54.0 Å². The van der Waals surface area contributed by atoms with E-state index in [2.05, 4.69) is 21.5 Å². The van der Waals surface area contributed by atoms with Crippen LogP contribution >= 0.6 is 19.2 Å². The predicted octanol–water partition coefficient (Wildman–Crippen LogP) is 0.721. The van der Waals surface area contributed by atoms with Crippen molar-refractivity contribution < 1.29 is 24.2 Å². The van der Waals surface area contributed by atoms with Crippen LogP contribution in [0.25, 0.3) is 11.2 Å². The topological polar surface area (TPSA) is 131 Å². The van der Waals surface area contributed by atoms with Gasteiger partial charge in [0.2, 0.25) is 0 Å². The van der Waals surface area contributed by atoms with E-state index in [4.69, 9.17) is 26.1 Å². The summed E-state index contributed by atoms with van der Waals surface area (Å²) in [5.74, 6) is 0. The molecule has 0 aliphatic carbocycles. The zero-order chi connectivity index (χ0) is 16.3. The Morgan fingerprint density at radius 2 is 2.18 bits per heavy atom. The fourth-order valence-corrected chi connectivity index (χ4v) is 2.36. The van der Waals surface area contributed by atoms with Gasteiger partial charge in [0.25, 0.3) is 0 Å². The molecule has 1 atom stereocenters. The number of nitrogens with zero attached hydrogens (tertiary/aromatic N) is 4. The van der Waals surface area contributed by atoms with Gasteiger partial charge in [0.1, 0.15) is 18.2 Å². The third-order valence-corrected chi connectivity index (χ3v) is 3.64. The highest BCUT2D eigenvalue weighted by Crippen LogP contribution is 2.34. The van der Waals surface area contributed by atoms with E-state index >= 15 is 0 Å². The number of hydrogen-bond acceptors (Lipinski definition) is 6. The molecule has 0 aromatic carbocycles. The van der Waals surface area contributed by atoms with E-state index in [1.807, 2.05) is 0 Å². The highest BCUT2D eigenvalue weighted by atomic mass is 35.5. The lowest BCUT2D eigenvalue weighted by atomic mass is 10.1. The van der Waals surface area contributed by atoms with E-state index in [0.29, 0.717) is 16.7 Å². The second-order valence-electron chi connectivity index (χ2n) is 4.49. The molecule has 0 radical (unpaired) electrons. The van der Waals surface area contributed by atoms with Gasteiger partial charge < -0.3 is 24.2 Å². The maximum absolute atomic E-state index is 10.7. The third kappa shape index (κ3) is 3.89. The number of rotatable bonds is 7. The van der Waals surface area contributed by atoms with Gasteiger partial charge in [-0.15, -0.1) is 0 Å². The fourth-order valence-electron chi connectivity index (χ4n) is 1.86. The molecule has 9 nitrogen and oxygen atoms in total. The minimum absolute atomic E-state index is 0.130. The molecule has 0 spiro atoms. The number of aliphatic hydroxyl groups is 1. The van der Waals surface area contributed by atoms with Crippen molar-refractivity contribution >= 4 is 30.4 Å². The van der Waals surface area contributed by atoms with E-state index in [1.54, 1.807) is 4.57 Å². The minimum atomic E-state index is -4.25. The molecule has 0 saturated heterocycles. The Hall–Kier alpha value is -1.35. The first kappa shape index (κ1) is 17.0. The summed E-state index contributed by atoms with van der Waals surface area (Å²) in [6.45, 7) is 3.32. The number of halogens is 1. The van der Waals surface area contributed by atoms with Crippen LogP contribution in [0.5, 0.6) is 0 Å². The first-order valence-corrected chi connectivity index (χ1v) is 8.25. The number of aromatic nitrogens is 4. The molecule has 2 aromatic rings. The van der Waals surface area contributed by atoms with Gasteiger partial charge in [-0.25, -0.2) is 15.0 Å². The summed E-state index contributed by atoms with van der Waals surface area (Å²) < 4.78 is 17.2. The van der Waals surface area contributed by atoms with Gasteiger partial charge in [-0.2, -0.15) is 0 Å². The molecule has 2 aromatic heterocycles. The Morgan fingerprint density at radius 3 is 2.82 bits per heavy atom. The zero-order valence-corrected chi connectivity index (χ0v) is 13.0. The van der Waals surface area contributed by atoms with E-state index < -0.39 is 20.0 Å². The zero-order valence-electron chi connectivity index (χ0n) is 11.3. The van der Waals surface area contributed by atoms with E-state index in [9.17, 15) is 9.67 Å². The third-order valence-electron chi connectivity index (χ3n) is 2.84. The summed E-state index contributed by atoms with van der Waals surface area (Å²) in [5, 5.41) is 9.75. The Labute approximate surface area is 130 Å². The van der Waals surface area contributed by atoms with E-state index in [1.165, 1.54) is 12.7 Å². The normalized spacial score (nSPS) is 13.5. The Bertz CT molecular complexity index is 730. The molecule has 0 amide bonds. The SMILES string of the molecule is C=C(COCP(=O)(O)O)C(CO)n1cnc2c(Cl)ncnc21. The van der Waals surface area contributed by atoms with Gasteiger partial charge in [-0.05, 0) is 5.57 Å². The average molecular weight is 349 g/mol. The number of aliphatic hydroxyl groups excluding tert-OH is 1. The van der Waals surface area contributed by atoms with Crippen LogP contribution in [0.3, 0.4) is 0 Å². The number of imidazole rings is 1. The molecule has 1 unspecified atom stereocenters. The summed E-state index contributed by atoms with van der Waals surface area (Å²) in [6.07, 6.45) is 1.98. The van der Waals surface area contributed by atoms with Gasteiger partial charge in [0.15, 0.2) is 10.8 Å². The molecule has 0 aliphatic heterocycles. The molecule has 0 saturated carbocycles. The van der Waals surface area contributed by atoms with Gasteiger partial charge in [-0.3, -0.25) is 4.57 Å². The summed E-state index contributed by atoms with van der Waals surface area (Å²) in [6, 6.07) is -0.618. The molecule has 0 fully saturated rings. The molecule has 11 heteroatoms. The van der Waals surface area contributed by atoms with Gasteiger partial charge >= 0.3 is 7.60 Å². The molecule has 2 heterocycles. The maximum Gasteiger partial charge on any atom is 0.350 e. The summed E-state index contributed by atoms with van der Waals surface area (Å²) in [5.41, 5.74) is 1.20. The standard InChI is InChI=1S/C11H14ClN4O5P/c1-7(3-21-6-22(18,19)20)8(2-17)16-5-15-9-10(12)13-4-14-11(9)16/h4-5,8,17H,1-3,6H2,(H2,18,19,20). The van der Waals surface area contributed by atoms with Crippen molar-refractivity contribution in [2.24, 2.45) is 0 Å². The lowest BCUT2D eigenvalue weighted by Crippen LogP contribution is -2.18. The van der Waals surface area contributed by atoms with Crippen LogP contribution in [0.4, 0.5) is 0 Å². The highest BCUT2D eigenvalue weighted by Gasteiger charge is 2.20. The maximum atomic E-state index is 10.7. The first-order chi connectivity index (χ1) is 10.3. The van der Waals surface area contributed by atoms with Crippen molar-refractivity contribution in [1.82, 2.24) is 19.5 Å². The van der Waals surface area contributed by atoms with Crippen LogP contribution in [0, 0.1) is 0 Å². The van der Waals surface area contributed by atoms with E-state index in [-0.39, 0.29) is 18.4 Å². The van der Waals surface area contributed by atoms with E-state index in [0.717, 1.165) is 0 Å². The number of fused-ring (bicyclic) bond motifs is 1. The van der Waals surface area contributed by atoms with Crippen LogP contribution < -0.4 is 0 Å². The van der Waals surface area contributed by atoms with Gasteiger partial charge in [0, 0.05) is 0 Å². The van der Waals surface area contributed by atoms with Crippen LogP contribution in [-0.2, 0) is 9.30 Å². The first-order valence-electron chi connectivity index (χ1n) is 6.07. The summed E-state index contributed by atoms with van der Waals surface area (Å²) >= 11 is 5.91. The van der Waals surface area contributed by atoms with Gasteiger partial charge in [-0.1, -0.05) is 18.2 Å². The molecular weight excluding hydrogens is 335 g/mol. The smallest absolute Gasteiger partial charge is 0.350 e. The Kier molecular flexibility index (Phi) is 5.28. The second-order valence-corrected chi connectivity index (χ2v) is 6.43. The Morgan fingerprint density at radius 1 is 1.45 bits per heavy atom. The number of ether oxygens (including phenoxy) is 1. The monoisotopic (exact) mass is 348 g/mol. The molecule has 120 valence electrons. The minimum Gasteiger partial charge on any atom is -0.394 e. The van der Waals surface area contributed by atoms with Crippen molar-refractivity contribution in [2.45, 2.75) is 6.04 Å². The molecule has 0 bridgehead atoms. The van der Waals surface area contributed by atoms with Crippen LogP contribution in [0.15, 0.2) is 24.8 Å². The predicted molar refractivity (Wildman–Crippen MR) is 78.5 cm³/mol. The van der Waals surface area contributed by atoms with Crippen LogP contribution in [0.1, 0.15) is 6.04 Å². The van der Waals surface area contributed by atoms with Crippen LogP contribution in [0.2, 0.25) is 5.15 Å². The van der Waals surface area contributed by atoms with Crippen molar-refractivity contribution in [2.75, 3.05) is 19.6 Å². The largest absolute Gasteiger partial charge is 0.394 e. The lowest BCUT2D eigenvalue weighted by Gasteiger charge is -2.19. The van der Waals surface area contributed by atoms with Crippen molar-refractivity contribution in [3.63, 3.8) is 0 Å². The molecule has 22 heavy (non-hydrogen) atoms. The lowest BCUT2D eigenvalue weighted by molar-refractivity contribution is 0.163. The highest BCUT2D eigenvalue weighted by molar-refractivity contribution is 7.51. The molecule has 2 rings (SSSR count). The van der Waals surface area contributed by atoms with Crippen molar-refractivity contribution in [1.29, 1.82) is 0 Å². The van der Waals surface area contributed by atoms with Crippen molar-refractivity contribution in [3.8, 4) is 0 Å². The molecule has 0 aliphatic rings. The number of hydrogen-bond donors (Lipinski definition) is 3. The van der Waals surface area contributed by atoms with Gasteiger partial charge in [0.05, 0.1) is 25.6 Å². The second kappa shape index (κ2) is 6.82. The molecule has 3 N–H and O–H groups in total. The average Bonchev–Trinajstić information content (AvgIpc) is 2.84. The summed E-state index contributed by atoms with van der Waals surface area (Å²) in [4.78, 5) is 29.4. The quantitative estimate of drug-likeness (QED) is 0.379. The summed E-state index contributed by atoms with van der Waals surface area (Å²) in [7, 11) is -4.25. The molecular formula is C11H14ClN4O5P. The van der Waals surface area contributed by atoms with Crippen molar-refractivity contribution in [3.05, 3.63) is 30.0 Å².